The van der Waals surface area contributed by atoms with E-state index in [1.807, 2.05) is 18.2 Å². The quantitative estimate of drug-likeness (QED) is 0.226. The molecule has 41 heavy (non-hydrogen) atoms. The fourth-order valence-corrected chi connectivity index (χ4v) is 6.59. The largest absolute Gasteiger partial charge is 0.454 e. The third-order valence-corrected chi connectivity index (χ3v) is 8.34. The lowest BCUT2D eigenvalue weighted by Gasteiger charge is -2.09. The molecule has 0 fully saturated rings. The average molecular weight is 524 g/mol. The molecule has 0 unspecified atom stereocenters. The molecule has 9 aromatic rings. The molecule has 4 heteroatoms. The molecule has 0 amide bonds. The van der Waals surface area contributed by atoms with E-state index in [4.69, 9.17) is 4.42 Å². The van der Waals surface area contributed by atoms with Crippen LogP contribution >= 0.6 is 0 Å². The number of nitriles is 1. The third-order valence-electron chi connectivity index (χ3n) is 8.34. The Morgan fingerprint density at radius 2 is 1.10 bits per heavy atom. The topological polar surface area (TPSA) is 46.8 Å². The van der Waals surface area contributed by atoms with E-state index in [0.717, 1.165) is 55.1 Å². The van der Waals surface area contributed by atoms with Crippen molar-refractivity contribution in [3.63, 3.8) is 0 Å². The lowest BCUT2D eigenvalue weighted by Crippen LogP contribution is -1.94. The number of fused-ring (bicyclic) bond motifs is 9. The van der Waals surface area contributed by atoms with E-state index in [2.05, 4.69) is 124 Å². The van der Waals surface area contributed by atoms with Gasteiger partial charge in [-0.2, -0.15) is 5.26 Å². The van der Waals surface area contributed by atoms with Crippen LogP contribution < -0.4 is 0 Å². The van der Waals surface area contributed by atoms with Crippen molar-refractivity contribution in [3.8, 4) is 17.4 Å². The minimum atomic E-state index is 0.633. The molecule has 6 aromatic carbocycles. The average Bonchev–Trinajstić information content (AvgIpc) is 3.68. The summed E-state index contributed by atoms with van der Waals surface area (Å²) in [5.74, 6) is 0. The number of rotatable bonds is 2. The third kappa shape index (κ3) is 2.98. The van der Waals surface area contributed by atoms with Crippen molar-refractivity contribution in [1.82, 2.24) is 9.13 Å². The number of furan rings is 1. The summed E-state index contributed by atoms with van der Waals surface area (Å²) in [6, 6.07) is 46.5. The van der Waals surface area contributed by atoms with E-state index in [9.17, 15) is 5.26 Å². The maximum Gasteiger partial charge on any atom is 0.159 e. The standard InChI is InChI=1S/C37H21N3O/c38-22-23-16-18-28-27-10-3-6-14-33(27)40(35(28)20-23)34-15-7-11-29-30-21-24(17-19-36(30)41-37(29)34)39-31-12-4-1-8-25(31)26-9-2-5-13-32(26)39/h1-21H. The highest BCUT2D eigenvalue weighted by molar-refractivity contribution is 6.14. The zero-order chi connectivity index (χ0) is 27.1. The predicted octanol–water partition coefficient (Wildman–Crippen LogP) is 9.65. The Balaban J connectivity index is 1.34. The second kappa shape index (κ2) is 8.11. The van der Waals surface area contributed by atoms with Crippen molar-refractivity contribution in [1.29, 1.82) is 5.26 Å². The molecule has 0 atom stereocenters. The zero-order valence-electron chi connectivity index (χ0n) is 21.9. The van der Waals surface area contributed by atoms with Gasteiger partial charge < -0.3 is 13.6 Å². The number of benzene rings is 6. The summed E-state index contributed by atoms with van der Waals surface area (Å²) in [5, 5.41) is 16.5. The van der Waals surface area contributed by atoms with E-state index in [1.165, 1.54) is 21.8 Å². The minimum absolute atomic E-state index is 0.633. The van der Waals surface area contributed by atoms with Gasteiger partial charge in [0, 0.05) is 38.0 Å². The smallest absolute Gasteiger partial charge is 0.159 e. The number of hydrogen-bond acceptors (Lipinski definition) is 2. The maximum atomic E-state index is 9.66. The van der Waals surface area contributed by atoms with E-state index in [0.29, 0.717) is 5.56 Å². The molecule has 0 saturated heterocycles. The van der Waals surface area contributed by atoms with Gasteiger partial charge in [-0.25, -0.2) is 0 Å². The van der Waals surface area contributed by atoms with Crippen LogP contribution in [0.25, 0.3) is 76.9 Å². The Kier molecular flexibility index (Phi) is 4.37. The van der Waals surface area contributed by atoms with Gasteiger partial charge in [0.05, 0.1) is 39.4 Å². The Hall–Kier alpha value is -5.79. The summed E-state index contributed by atoms with van der Waals surface area (Å²) in [6.45, 7) is 0. The van der Waals surface area contributed by atoms with E-state index < -0.39 is 0 Å². The van der Waals surface area contributed by atoms with E-state index >= 15 is 0 Å². The lowest BCUT2D eigenvalue weighted by molar-refractivity contribution is 0.666. The van der Waals surface area contributed by atoms with Crippen molar-refractivity contribution in [2.75, 3.05) is 0 Å². The summed E-state index contributed by atoms with van der Waals surface area (Å²) in [5.41, 5.74) is 8.79. The van der Waals surface area contributed by atoms with Gasteiger partial charge in [-0.3, -0.25) is 0 Å². The summed E-state index contributed by atoms with van der Waals surface area (Å²) in [4.78, 5) is 0. The highest BCUT2D eigenvalue weighted by atomic mass is 16.3. The van der Waals surface area contributed by atoms with Crippen molar-refractivity contribution >= 4 is 65.6 Å². The SMILES string of the molecule is N#Cc1ccc2c3ccccc3n(-c3cccc4c3oc3ccc(-n5c6ccccc6c6ccccc65)cc34)c2c1. The molecule has 3 heterocycles. The molecular weight excluding hydrogens is 502 g/mol. The van der Waals surface area contributed by atoms with Crippen molar-refractivity contribution < 1.29 is 4.42 Å². The lowest BCUT2D eigenvalue weighted by atomic mass is 10.1. The van der Waals surface area contributed by atoms with Crippen LogP contribution in [0.5, 0.6) is 0 Å². The Bertz CT molecular complexity index is 2500. The molecule has 9 rings (SSSR count). The number of para-hydroxylation sites is 4. The van der Waals surface area contributed by atoms with Crippen LogP contribution in [0, 0.1) is 11.3 Å². The highest BCUT2D eigenvalue weighted by Crippen LogP contribution is 2.39. The molecular formula is C37H21N3O. The van der Waals surface area contributed by atoms with Gasteiger partial charge in [-0.15, -0.1) is 0 Å². The summed E-state index contributed by atoms with van der Waals surface area (Å²) >= 11 is 0. The fourth-order valence-electron chi connectivity index (χ4n) is 6.59. The summed E-state index contributed by atoms with van der Waals surface area (Å²) < 4.78 is 11.2. The molecule has 0 spiro atoms. The first kappa shape index (κ1) is 22.1. The Morgan fingerprint density at radius 1 is 0.488 bits per heavy atom. The molecule has 3 aromatic heterocycles. The molecule has 0 saturated carbocycles. The van der Waals surface area contributed by atoms with Crippen molar-refractivity contribution in [2.24, 2.45) is 0 Å². The van der Waals surface area contributed by atoms with Gasteiger partial charge in [0.2, 0.25) is 0 Å². The first-order chi connectivity index (χ1) is 20.3. The van der Waals surface area contributed by atoms with E-state index in [-0.39, 0.29) is 0 Å². The van der Waals surface area contributed by atoms with Gasteiger partial charge in [0.15, 0.2) is 5.58 Å². The van der Waals surface area contributed by atoms with E-state index in [1.54, 1.807) is 0 Å². The summed E-state index contributed by atoms with van der Waals surface area (Å²) in [6.07, 6.45) is 0. The second-order valence-electron chi connectivity index (χ2n) is 10.5. The number of hydrogen-bond donors (Lipinski definition) is 0. The van der Waals surface area contributed by atoms with Crippen LogP contribution in [0.3, 0.4) is 0 Å². The normalized spacial score (nSPS) is 11.9. The van der Waals surface area contributed by atoms with Crippen LogP contribution in [-0.4, -0.2) is 9.13 Å². The molecule has 0 bridgehead atoms. The predicted molar refractivity (Wildman–Crippen MR) is 167 cm³/mol. The van der Waals surface area contributed by atoms with Gasteiger partial charge in [0.25, 0.3) is 0 Å². The number of nitrogens with zero attached hydrogens (tertiary/aromatic N) is 3. The van der Waals surface area contributed by atoms with Gasteiger partial charge in [-0.05, 0) is 54.6 Å². The fraction of sp³-hybridized carbons (Fsp3) is 0. The molecule has 190 valence electrons. The summed E-state index contributed by atoms with van der Waals surface area (Å²) in [7, 11) is 0. The minimum Gasteiger partial charge on any atom is -0.454 e. The Morgan fingerprint density at radius 3 is 1.78 bits per heavy atom. The highest BCUT2D eigenvalue weighted by Gasteiger charge is 2.19. The zero-order valence-corrected chi connectivity index (χ0v) is 21.9. The monoisotopic (exact) mass is 523 g/mol. The molecule has 0 radical (unpaired) electrons. The van der Waals surface area contributed by atoms with Gasteiger partial charge >= 0.3 is 0 Å². The first-order valence-electron chi connectivity index (χ1n) is 13.7. The molecule has 0 aliphatic heterocycles. The molecule has 0 aliphatic rings. The molecule has 0 N–H and O–H groups in total. The van der Waals surface area contributed by atoms with Crippen molar-refractivity contribution in [2.45, 2.75) is 0 Å². The second-order valence-corrected chi connectivity index (χ2v) is 10.5. The van der Waals surface area contributed by atoms with Gasteiger partial charge in [-0.1, -0.05) is 72.8 Å². The number of aromatic nitrogens is 2. The maximum absolute atomic E-state index is 9.66. The van der Waals surface area contributed by atoms with Crippen molar-refractivity contribution in [3.05, 3.63) is 133 Å². The van der Waals surface area contributed by atoms with Crippen LogP contribution in [0.4, 0.5) is 0 Å². The Labute approximate surface area is 234 Å². The van der Waals surface area contributed by atoms with Crippen LogP contribution in [0.2, 0.25) is 0 Å². The first-order valence-corrected chi connectivity index (χ1v) is 13.7. The van der Waals surface area contributed by atoms with Crippen LogP contribution in [0.15, 0.2) is 132 Å². The van der Waals surface area contributed by atoms with Gasteiger partial charge in [0.1, 0.15) is 5.58 Å². The van der Waals surface area contributed by atoms with Crippen LogP contribution in [0.1, 0.15) is 5.56 Å². The molecule has 0 aliphatic carbocycles. The molecule has 4 nitrogen and oxygen atoms in total. The van der Waals surface area contributed by atoms with Crippen LogP contribution in [-0.2, 0) is 0 Å².